The summed E-state index contributed by atoms with van der Waals surface area (Å²) in [5.74, 6) is 98.2. The minimum atomic E-state index is -0.230. The lowest BCUT2D eigenvalue weighted by atomic mass is 10.1. The molecule has 1 aromatic rings. The first kappa shape index (κ1) is 41.8. The molecule has 0 radical (unpaired) electrons. The maximum atomic E-state index is 11.9. The second-order valence-electron chi connectivity index (χ2n) is 7.70. The minimum Gasteiger partial charge on any atom is -0.407 e. The van der Waals surface area contributed by atoms with E-state index in [1.807, 2.05) is 0 Å². The van der Waals surface area contributed by atoms with Crippen molar-refractivity contribution < 1.29 is 14.3 Å². The van der Waals surface area contributed by atoms with Crippen molar-refractivity contribution in [1.82, 2.24) is 0 Å². The third-order valence-electron chi connectivity index (χ3n) is 4.12. The van der Waals surface area contributed by atoms with Gasteiger partial charge in [-0.25, -0.2) is 0 Å². The van der Waals surface area contributed by atoms with Crippen LogP contribution in [0.4, 0.5) is 0 Å². The van der Waals surface area contributed by atoms with Gasteiger partial charge >= 0.3 is 0 Å². The highest BCUT2D eigenvalue weighted by Crippen LogP contribution is 2.23. The predicted octanol–water partition coefficient (Wildman–Crippen LogP) is 1.90. The molecule has 1 rings (SSSR count). The Morgan fingerprint density at radius 3 is 0.745 bits per heavy atom. The highest BCUT2D eigenvalue weighted by Gasteiger charge is 2.06. The molecule has 0 amide bonds. The van der Waals surface area contributed by atoms with Gasteiger partial charge < -0.3 is 9.47 Å². The fourth-order valence-corrected chi connectivity index (χ4v) is 2.25. The zero-order chi connectivity index (χ0) is 39.5. The van der Waals surface area contributed by atoms with Gasteiger partial charge in [0.25, 0.3) is 0 Å². The lowest BCUT2D eigenvalue weighted by Crippen LogP contribution is -1.95. The van der Waals surface area contributed by atoms with E-state index < -0.39 is 0 Å². The summed E-state index contributed by atoms with van der Waals surface area (Å²) in [4.78, 5) is 11.9. The van der Waals surface area contributed by atoms with Gasteiger partial charge in [0.1, 0.15) is 23.7 Å². The topological polar surface area (TPSA) is 35.5 Å². The molecule has 0 saturated heterocycles. The molecular formula is C52H8O3. The van der Waals surface area contributed by atoms with E-state index in [0.717, 1.165) is 0 Å². The highest BCUT2D eigenvalue weighted by atomic mass is 16.5. The van der Waals surface area contributed by atoms with Crippen molar-refractivity contribution in [1.29, 1.82) is 0 Å². The van der Waals surface area contributed by atoms with Crippen molar-refractivity contribution in [3.63, 3.8) is 0 Å². The van der Waals surface area contributed by atoms with E-state index in [9.17, 15) is 4.79 Å². The lowest BCUT2D eigenvalue weighted by molar-refractivity contribution is 0.101. The van der Waals surface area contributed by atoms with Gasteiger partial charge in [-0.2, -0.15) is 0 Å². The monoisotopic (exact) mass is 680 g/mol. The van der Waals surface area contributed by atoms with Crippen LogP contribution in [0.25, 0.3) is 0 Å². The molecule has 3 nitrogen and oxygen atoms in total. The van der Waals surface area contributed by atoms with Crippen LogP contribution >= 0.6 is 0 Å². The van der Waals surface area contributed by atoms with Gasteiger partial charge in [-0.15, -0.1) is 12.8 Å². The van der Waals surface area contributed by atoms with Gasteiger partial charge in [0.2, 0.25) is 0 Å². The van der Waals surface area contributed by atoms with Gasteiger partial charge in [0.05, 0.1) is 0 Å². The Bertz CT molecular complexity index is 2990. The van der Waals surface area contributed by atoms with E-state index in [1.165, 1.54) is 25.1 Å². The molecular weight excluding hydrogens is 673 g/mol. The molecule has 0 unspecified atom stereocenters. The van der Waals surface area contributed by atoms with Gasteiger partial charge in [-0.1, -0.05) is 0 Å². The first-order valence-electron chi connectivity index (χ1n) is 14.1. The Morgan fingerprint density at radius 2 is 0.545 bits per heavy atom. The largest absolute Gasteiger partial charge is 0.407 e. The molecule has 0 fully saturated rings. The van der Waals surface area contributed by atoms with Crippen LogP contribution in [-0.2, 0) is 0 Å². The predicted molar refractivity (Wildman–Crippen MR) is 211 cm³/mol. The van der Waals surface area contributed by atoms with E-state index in [4.69, 9.17) is 22.3 Å². The van der Waals surface area contributed by atoms with Gasteiger partial charge in [-0.3, -0.25) is 4.79 Å². The summed E-state index contributed by atoms with van der Waals surface area (Å²) in [6.07, 6.45) is 14.7. The summed E-state index contributed by atoms with van der Waals surface area (Å²) < 4.78 is 10.7. The van der Waals surface area contributed by atoms with E-state index in [1.54, 1.807) is 0 Å². The summed E-state index contributed by atoms with van der Waals surface area (Å²) in [6, 6.07) is 4.45. The number of rotatable bonds is 3. The number of carbonyl (C=O) groups is 1. The highest BCUT2D eigenvalue weighted by molar-refractivity contribution is 5.95. The second-order valence-corrected chi connectivity index (χ2v) is 7.70. The van der Waals surface area contributed by atoms with E-state index in [0.29, 0.717) is 5.56 Å². The van der Waals surface area contributed by atoms with Crippen molar-refractivity contribution in [2.24, 2.45) is 0 Å². The quantitative estimate of drug-likeness (QED) is 0.362. The molecule has 0 aliphatic heterocycles. The average molecular weight is 681 g/mol. The Kier molecular flexibility index (Phi) is 24.9. The van der Waals surface area contributed by atoms with Crippen LogP contribution in [0.3, 0.4) is 0 Å². The van der Waals surface area contributed by atoms with Gasteiger partial charge in [-0.05, 0) is 114 Å². The normalized spacial score (nSPS) is 5.22. The molecule has 0 bridgehead atoms. The maximum Gasteiger partial charge on any atom is 0.160 e. The average Bonchev–Trinajstić information content (AvgIpc) is 3.19. The van der Waals surface area contributed by atoms with Crippen LogP contribution in [0.2, 0.25) is 0 Å². The van der Waals surface area contributed by atoms with Gasteiger partial charge in [0.15, 0.2) is 5.78 Å². The lowest BCUT2D eigenvalue weighted by Gasteiger charge is -2.03. The number of terminal acetylenes is 2. The molecule has 55 heavy (non-hydrogen) atoms. The van der Waals surface area contributed by atoms with E-state index in [-0.39, 0.29) is 17.3 Å². The first-order valence-corrected chi connectivity index (χ1v) is 14.1. The molecule has 0 spiro atoms. The third kappa shape index (κ3) is 27.6. The van der Waals surface area contributed by atoms with Crippen molar-refractivity contribution in [3.8, 4) is 273 Å². The zero-order valence-electron chi connectivity index (χ0n) is 28.1. The van der Waals surface area contributed by atoms with Crippen molar-refractivity contribution >= 4 is 5.78 Å². The fraction of sp³-hybridized carbons (Fsp3) is 0.0192. The SMILES string of the molecule is C#CC#CC#CC#CC#CC#CC#CC#CC#CC#CC#COc1cc(OC#CC#CC#CC#CC#CC#CC#CC#CC#CC#CC#C)cc(C(C)=O)c1. The Labute approximate surface area is 323 Å². The van der Waals surface area contributed by atoms with E-state index >= 15 is 0 Å². The third-order valence-corrected chi connectivity index (χ3v) is 4.12. The van der Waals surface area contributed by atoms with Crippen molar-refractivity contribution in [2.75, 3.05) is 0 Å². The van der Waals surface area contributed by atoms with Crippen LogP contribution in [-0.4, -0.2) is 5.78 Å². The molecule has 3 heteroatoms. The Hall–Kier alpha value is -11.2. The summed E-state index contributed by atoms with van der Waals surface area (Å²) in [6.45, 7) is 1.39. The van der Waals surface area contributed by atoms with Crippen LogP contribution in [0.15, 0.2) is 18.2 Å². The van der Waals surface area contributed by atoms with Crippen molar-refractivity contribution in [2.45, 2.75) is 6.92 Å². The van der Waals surface area contributed by atoms with Crippen molar-refractivity contribution in [3.05, 3.63) is 23.8 Å². The molecule has 0 N–H and O–H groups in total. The number of benzene rings is 1. The van der Waals surface area contributed by atoms with Crippen LogP contribution in [0.1, 0.15) is 17.3 Å². The minimum absolute atomic E-state index is 0.227. The summed E-state index contributed by atoms with van der Waals surface area (Å²) in [5.41, 5.74) is 0.310. The molecule has 0 aromatic heterocycles. The maximum absolute atomic E-state index is 11.9. The number of hydrogen-bond acceptors (Lipinski definition) is 3. The number of hydrogen-bond donors (Lipinski definition) is 0. The fourth-order valence-electron chi connectivity index (χ4n) is 2.25. The summed E-state index contributed by atoms with van der Waals surface area (Å²) in [5, 5.41) is 0. The number of carbonyl (C=O) groups excluding carboxylic acids is 1. The van der Waals surface area contributed by atoms with Crippen LogP contribution in [0.5, 0.6) is 11.5 Å². The van der Waals surface area contributed by atoms with E-state index in [2.05, 4.69) is 249 Å². The molecule has 0 aliphatic rings. The summed E-state index contributed by atoms with van der Waals surface area (Å²) in [7, 11) is 0. The second kappa shape index (κ2) is 32.7. The number of Topliss-reactive ketones (excluding diaryl/α,β-unsaturated/α-hetero) is 1. The molecule has 0 heterocycles. The number of ketones is 1. The molecule has 234 valence electrons. The first-order chi connectivity index (χ1) is 27.2. The van der Waals surface area contributed by atoms with Crippen LogP contribution in [0, 0.1) is 262 Å². The Morgan fingerprint density at radius 1 is 0.345 bits per heavy atom. The smallest absolute Gasteiger partial charge is 0.160 e. The summed E-state index contributed by atoms with van der Waals surface area (Å²) >= 11 is 0. The number of ether oxygens (including phenoxy) is 2. The standard InChI is InChI=1S/C52H8O3/c1-4-6-8-10-12-14-16-18-20-22-24-26-28-30-32-34-36-38-40-42-44-54-51-46-50(49(3)53)47-52(48-51)55-45-43-41-39-37-35-33-31-29-27-25-23-21-19-17-15-13-11-9-7-5-2/h1-2,46-48H,3H3. The van der Waals surface area contributed by atoms with Gasteiger partial charge in [0, 0.05) is 154 Å². The molecule has 1 aromatic carbocycles. The molecule has 0 atom stereocenters. The Balaban J connectivity index is 2.67. The molecule has 0 aliphatic carbocycles. The zero-order valence-corrected chi connectivity index (χ0v) is 28.1. The van der Waals surface area contributed by atoms with Crippen LogP contribution < -0.4 is 9.47 Å². The molecule has 0 saturated carbocycles.